The van der Waals surface area contributed by atoms with Crippen molar-refractivity contribution in [2.75, 3.05) is 0 Å². The molecule has 0 aliphatic heterocycles. The number of hydrogen-bond donors (Lipinski definition) is 3. The summed E-state index contributed by atoms with van der Waals surface area (Å²) in [7, 11) is 0. The van der Waals surface area contributed by atoms with Gasteiger partial charge in [0.2, 0.25) is 0 Å². The first-order chi connectivity index (χ1) is 7.47. The van der Waals surface area contributed by atoms with E-state index in [-0.39, 0.29) is 6.04 Å². The van der Waals surface area contributed by atoms with Crippen LogP contribution in [0.15, 0.2) is 12.3 Å². The molecular formula is C11H21N3O2. The highest BCUT2D eigenvalue weighted by atomic mass is 16.2. The van der Waals surface area contributed by atoms with Crippen LogP contribution >= 0.6 is 0 Å². The van der Waals surface area contributed by atoms with Crippen molar-refractivity contribution in [1.29, 1.82) is 0 Å². The van der Waals surface area contributed by atoms with E-state index in [1.54, 1.807) is 13.8 Å². The quantitative estimate of drug-likeness (QED) is 0.465. The fraction of sp³-hybridized carbons (Fsp3) is 0.636. The van der Waals surface area contributed by atoms with Crippen LogP contribution in [0.1, 0.15) is 40.0 Å². The second-order valence-corrected chi connectivity index (χ2v) is 3.91. The smallest absolute Gasteiger partial charge is 0.327 e. The molecule has 92 valence electrons. The molecule has 0 heterocycles. The van der Waals surface area contributed by atoms with E-state index >= 15 is 0 Å². The SMILES string of the molecule is C=C(CCCC)NNC(=O)C(=O)NC(C)C. The summed E-state index contributed by atoms with van der Waals surface area (Å²) < 4.78 is 0. The van der Waals surface area contributed by atoms with E-state index in [9.17, 15) is 9.59 Å². The van der Waals surface area contributed by atoms with E-state index in [2.05, 4.69) is 29.7 Å². The maximum atomic E-state index is 11.2. The van der Waals surface area contributed by atoms with Gasteiger partial charge in [-0.25, -0.2) is 0 Å². The van der Waals surface area contributed by atoms with Crippen molar-refractivity contribution in [1.82, 2.24) is 16.2 Å². The molecule has 0 aromatic heterocycles. The highest BCUT2D eigenvalue weighted by Gasteiger charge is 2.13. The molecule has 0 fully saturated rings. The van der Waals surface area contributed by atoms with Gasteiger partial charge < -0.3 is 10.7 Å². The molecule has 0 aliphatic carbocycles. The minimum absolute atomic E-state index is 0.0541. The molecule has 0 unspecified atom stereocenters. The van der Waals surface area contributed by atoms with Gasteiger partial charge in [0.05, 0.1) is 0 Å². The lowest BCUT2D eigenvalue weighted by Crippen LogP contribution is -2.47. The van der Waals surface area contributed by atoms with Gasteiger partial charge in [-0.05, 0) is 26.7 Å². The molecule has 0 bridgehead atoms. The van der Waals surface area contributed by atoms with Crippen molar-refractivity contribution in [3.05, 3.63) is 12.3 Å². The van der Waals surface area contributed by atoms with E-state index in [0.29, 0.717) is 5.70 Å². The number of allylic oxidation sites excluding steroid dienone is 1. The summed E-state index contributed by atoms with van der Waals surface area (Å²) in [5, 5.41) is 2.49. The molecule has 0 aromatic rings. The third-order valence-electron chi connectivity index (χ3n) is 1.81. The fourth-order valence-electron chi connectivity index (χ4n) is 0.982. The van der Waals surface area contributed by atoms with Gasteiger partial charge in [-0.3, -0.25) is 15.0 Å². The topological polar surface area (TPSA) is 70.2 Å². The lowest BCUT2D eigenvalue weighted by atomic mass is 10.2. The Kier molecular flexibility index (Phi) is 7.00. The average molecular weight is 227 g/mol. The number of hydrogen-bond acceptors (Lipinski definition) is 3. The standard InChI is InChI=1S/C11H21N3O2/c1-5-6-7-9(4)13-14-11(16)10(15)12-8(2)3/h8,13H,4-7H2,1-3H3,(H,12,15)(H,14,16). The predicted molar refractivity (Wildman–Crippen MR) is 63.2 cm³/mol. The molecular weight excluding hydrogens is 206 g/mol. The van der Waals surface area contributed by atoms with Crippen LogP contribution in [0.25, 0.3) is 0 Å². The van der Waals surface area contributed by atoms with Crippen molar-refractivity contribution < 1.29 is 9.59 Å². The Hall–Kier alpha value is -1.52. The molecule has 0 aliphatic rings. The Bertz CT molecular complexity index is 262. The zero-order valence-electron chi connectivity index (χ0n) is 10.2. The van der Waals surface area contributed by atoms with E-state index in [1.807, 2.05) is 0 Å². The van der Waals surface area contributed by atoms with Crippen LogP contribution in [-0.4, -0.2) is 17.9 Å². The number of nitrogens with one attached hydrogen (secondary N) is 3. The number of rotatable bonds is 6. The molecule has 5 heteroatoms. The van der Waals surface area contributed by atoms with E-state index < -0.39 is 11.8 Å². The molecule has 0 aromatic carbocycles. The highest BCUT2D eigenvalue weighted by Crippen LogP contribution is 1.99. The molecule has 0 rings (SSSR count). The molecule has 16 heavy (non-hydrogen) atoms. The molecule has 0 saturated heterocycles. The Morgan fingerprint density at radius 3 is 2.31 bits per heavy atom. The zero-order valence-corrected chi connectivity index (χ0v) is 10.2. The predicted octanol–water partition coefficient (Wildman–Crippen LogP) is 0.836. The molecule has 0 spiro atoms. The average Bonchev–Trinajstić information content (AvgIpc) is 2.21. The van der Waals surface area contributed by atoms with Crippen molar-refractivity contribution in [3.63, 3.8) is 0 Å². The molecule has 0 saturated carbocycles. The Balaban J connectivity index is 3.80. The Morgan fingerprint density at radius 2 is 1.81 bits per heavy atom. The van der Waals surface area contributed by atoms with Gasteiger partial charge in [0.1, 0.15) is 0 Å². The van der Waals surface area contributed by atoms with E-state index in [0.717, 1.165) is 19.3 Å². The summed E-state index contributed by atoms with van der Waals surface area (Å²) in [6.45, 7) is 9.38. The van der Waals surface area contributed by atoms with Gasteiger partial charge in [-0.1, -0.05) is 19.9 Å². The minimum Gasteiger partial charge on any atom is -0.346 e. The summed E-state index contributed by atoms with van der Waals surface area (Å²) in [5.74, 6) is -1.35. The molecule has 5 nitrogen and oxygen atoms in total. The maximum absolute atomic E-state index is 11.2. The number of hydrazine groups is 1. The first-order valence-electron chi connectivity index (χ1n) is 5.52. The molecule has 3 N–H and O–H groups in total. The zero-order chi connectivity index (χ0) is 12.6. The van der Waals surface area contributed by atoms with Crippen molar-refractivity contribution in [2.24, 2.45) is 0 Å². The first-order valence-corrected chi connectivity index (χ1v) is 5.52. The summed E-state index contributed by atoms with van der Waals surface area (Å²) in [5.41, 5.74) is 5.61. The largest absolute Gasteiger partial charge is 0.346 e. The third-order valence-corrected chi connectivity index (χ3v) is 1.81. The number of carbonyl (C=O) groups is 2. The third kappa shape index (κ3) is 6.86. The Labute approximate surface area is 96.6 Å². The first kappa shape index (κ1) is 14.5. The lowest BCUT2D eigenvalue weighted by Gasteiger charge is -2.11. The normalized spacial score (nSPS) is 9.75. The van der Waals surface area contributed by atoms with Crippen molar-refractivity contribution >= 4 is 11.8 Å². The van der Waals surface area contributed by atoms with Gasteiger partial charge in [0, 0.05) is 11.7 Å². The number of amides is 2. The van der Waals surface area contributed by atoms with Crippen LogP contribution in [0.3, 0.4) is 0 Å². The van der Waals surface area contributed by atoms with E-state index in [1.165, 1.54) is 0 Å². The summed E-state index contributed by atoms with van der Waals surface area (Å²) in [6, 6.07) is -0.0541. The fourth-order valence-corrected chi connectivity index (χ4v) is 0.982. The van der Waals surface area contributed by atoms with Crippen molar-refractivity contribution in [3.8, 4) is 0 Å². The van der Waals surface area contributed by atoms with Crippen LogP contribution in [-0.2, 0) is 9.59 Å². The second-order valence-electron chi connectivity index (χ2n) is 3.91. The number of unbranched alkanes of at least 4 members (excludes halogenated alkanes) is 1. The van der Waals surface area contributed by atoms with Gasteiger partial charge in [0.25, 0.3) is 0 Å². The summed E-state index contributed by atoms with van der Waals surface area (Å²) in [4.78, 5) is 22.4. The number of carbonyl (C=O) groups excluding carboxylic acids is 2. The summed E-state index contributed by atoms with van der Waals surface area (Å²) in [6.07, 6.45) is 2.84. The summed E-state index contributed by atoms with van der Waals surface area (Å²) >= 11 is 0. The molecule has 0 atom stereocenters. The maximum Gasteiger partial charge on any atom is 0.327 e. The van der Waals surface area contributed by atoms with Gasteiger partial charge in [-0.2, -0.15) is 0 Å². The van der Waals surface area contributed by atoms with Gasteiger partial charge in [-0.15, -0.1) is 0 Å². The van der Waals surface area contributed by atoms with Crippen LogP contribution in [0.5, 0.6) is 0 Å². The molecule has 0 radical (unpaired) electrons. The Morgan fingerprint density at radius 1 is 1.19 bits per heavy atom. The van der Waals surface area contributed by atoms with Gasteiger partial charge in [0.15, 0.2) is 0 Å². The van der Waals surface area contributed by atoms with Crippen LogP contribution in [0, 0.1) is 0 Å². The van der Waals surface area contributed by atoms with Gasteiger partial charge >= 0.3 is 11.8 Å². The monoisotopic (exact) mass is 227 g/mol. The van der Waals surface area contributed by atoms with Crippen molar-refractivity contribution in [2.45, 2.75) is 46.1 Å². The molecule has 2 amide bonds. The minimum atomic E-state index is -0.702. The highest BCUT2D eigenvalue weighted by molar-refractivity contribution is 6.35. The lowest BCUT2D eigenvalue weighted by molar-refractivity contribution is -0.140. The van der Waals surface area contributed by atoms with Crippen LogP contribution in [0.2, 0.25) is 0 Å². The van der Waals surface area contributed by atoms with E-state index in [4.69, 9.17) is 0 Å². The van der Waals surface area contributed by atoms with Crippen LogP contribution < -0.4 is 16.2 Å². The van der Waals surface area contributed by atoms with Crippen LogP contribution in [0.4, 0.5) is 0 Å². The second kappa shape index (κ2) is 7.73.